The normalized spacial score (nSPS) is 15.4. The van der Waals surface area contributed by atoms with E-state index in [1.165, 1.54) is 45.0 Å². The lowest BCUT2D eigenvalue weighted by Gasteiger charge is -2.26. The molecule has 2 aromatic carbocycles. The minimum absolute atomic E-state index is 0.150. The van der Waals surface area contributed by atoms with Crippen molar-refractivity contribution in [1.82, 2.24) is 4.31 Å². The van der Waals surface area contributed by atoms with E-state index in [0.29, 0.717) is 43.2 Å². The maximum atomic E-state index is 12.7. The molecular weight excluding hydrogens is 442 g/mol. The Labute approximate surface area is 182 Å². The second-order valence-corrected chi connectivity index (χ2v) is 10.8. The molecule has 1 aliphatic heterocycles. The molecule has 1 aliphatic rings. The molecule has 0 aromatic heterocycles. The third kappa shape index (κ3) is 5.42. The molecule has 0 aliphatic carbocycles. The third-order valence-corrected chi connectivity index (χ3v) is 8.01. The largest absolute Gasteiger partial charge is 0.379 e. The quantitative estimate of drug-likeness (QED) is 0.664. The number of carbonyl (C=O) groups excluding carboxylic acids is 1. The fraction of sp³-hybridized carbons (Fsp3) is 0.350. The number of hydrogen-bond acceptors (Lipinski definition) is 6. The van der Waals surface area contributed by atoms with Crippen molar-refractivity contribution in [3.8, 4) is 0 Å². The number of nitrogens with one attached hydrogen (secondary N) is 1. The lowest BCUT2D eigenvalue weighted by molar-refractivity contribution is 0.0730. The number of carbonyl (C=O) groups is 1. The molecule has 9 nitrogen and oxygen atoms in total. The van der Waals surface area contributed by atoms with E-state index in [0.717, 1.165) is 6.26 Å². The highest BCUT2D eigenvalue weighted by atomic mass is 32.2. The third-order valence-electron chi connectivity index (χ3n) is 4.83. The number of ether oxygens (including phenoxy) is 1. The fourth-order valence-corrected chi connectivity index (χ4v) is 5.62. The zero-order chi connectivity index (χ0) is 22.6. The van der Waals surface area contributed by atoms with Crippen molar-refractivity contribution in [2.24, 2.45) is 0 Å². The van der Waals surface area contributed by atoms with Crippen LogP contribution >= 0.6 is 0 Å². The Morgan fingerprint density at radius 2 is 1.58 bits per heavy atom. The van der Waals surface area contributed by atoms with Crippen LogP contribution in [0, 0.1) is 0 Å². The van der Waals surface area contributed by atoms with Gasteiger partial charge in [0.1, 0.15) is 0 Å². The molecule has 1 fully saturated rings. The summed E-state index contributed by atoms with van der Waals surface area (Å²) in [5.74, 6) is -0.391. The average Bonchev–Trinajstić information content (AvgIpc) is 2.75. The number of sulfonamides is 2. The molecule has 11 heteroatoms. The molecule has 1 amide bonds. The minimum Gasteiger partial charge on any atom is -0.379 e. The van der Waals surface area contributed by atoms with Crippen LogP contribution in [0.25, 0.3) is 0 Å². The van der Waals surface area contributed by atoms with Gasteiger partial charge in [-0.1, -0.05) is 0 Å². The van der Waals surface area contributed by atoms with Crippen LogP contribution in [-0.4, -0.2) is 66.2 Å². The topological polar surface area (TPSA) is 113 Å². The van der Waals surface area contributed by atoms with E-state index in [1.54, 1.807) is 19.1 Å². The maximum absolute atomic E-state index is 12.7. The Balaban J connectivity index is 1.69. The van der Waals surface area contributed by atoms with Crippen molar-refractivity contribution >= 4 is 37.3 Å². The second kappa shape index (κ2) is 9.35. The average molecular weight is 468 g/mol. The zero-order valence-electron chi connectivity index (χ0n) is 17.3. The molecule has 2 aromatic rings. The summed E-state index contributed by atoms with van der Waals surface area (Å²) in [4.78, 5) is 12.7. The molecule has 1 heterocycles. The van der Waals surface area contributed by atoms with Crippen LogP contribution in [0.2, 0.25) is 0 Å². The van der Waals surface area contributed by atoms with Gasteiger partial charge in [-0.2, -0.15) is 4.31 Å². The summed E-state index contributed by atoms with van der Waals surface area (Å²) in [6, 6.07) is 12.2. The summed E-state index contributed by atoms with van der Waals surface area (Å²) in [6.07, 6.45) is 1.13. The molecule has 0 radical (unpaired) electrons. The van der Waals surface area contributed by atoms with E-state index >= 15 is 0 Å². The summed E-state index contributed by atoms with van der Waals surface area (Å²) >= 11 is 0. The van der Waals surface area contributed by atoms with Gasteiger partial charge in [0, 0.05) is 30.9 Å². The van der Waals surface area contributed by atoms with Crippen LogP contribution in [0.3, 0.4) is 0 Å². The van der Waals surface area contributed by atoms with Crippen molar-refractivity contribution < 1.29 is 26.4 Å². The molecule has 1 saturated heterocycles. The van der Waals surface area contributed by atoms with Gasteiger partial charge < -0.3 is 10.1 Å². The van der Waals surface area contributed by atoms with Crippen molar-refractivity contribution in [3.05, 3.63) is 54.1 Å². The van der Waals surface area contributed by atoms with Crippen LogP contribution in [0.4, 0.5) is 11.4 Å². The molecule has 1 N–H and O–H groups in total. The summed E-state index contributed by atoms with van der Waals surface area (Å²) in [7, 11) is -7.00. The van der Waals surface area contributed by atoms with E-state index in [1.807, 2.05) is 0 Å². The van der Waals surface area contributed by atoms with Gasteiger partial charge in [0.2, 0.25) is 20.0 Å². The van der Waals surface area contributed by atoms with E-state index < -0.39 is 26.0 Å². The van der Waals surface area contributed by atoms with E-state index in [4.69, 9.17) is 4.74 Å². The van der Waals surface area contributed by atoms with Crippen LogP contribution in [-0.2, 0) is 24.8 Å². The molecule has 168 valence electrons. The molecule has 0 saturated carbocycles. The van der Waals surface area contributed by atoms with E-state index in [-0.39, 0.29) is 11.4 Å². The molecule has 0 atom stereocenters. The van der Waals surface area contributed by atoms with Gasteiger partial charge in [0.05, 0.1) is 30.1 Å². The molecule has 0 unspecified atom stereocenters. The van der Waals surface area contributed by atoms with Crippen LogP contribution < -0.4 is 9.62 Å². The highest BCUT2D eigenvalue weighted by molar-refractivity contribution is 7.92. The first-order valence-corrected chi connectivity index (χ1v) is 13.0. The second-order valence-electron chi connectivity index (χ2n) is 6.97. The number of anilines is 2. The highest BCUT2D eigenvalue weighted by Gasteiger charge is 2.26. The van der Waals surface area contributed by atoms with Crippen molar-refractivity contribution in [3.63, 3.8) is 0 Å². The Morgan fingerprint density at radius 3 is 2.10 bits per heavy atom. The minimum atomic E-state index is -3.60. The van der Waals surface area contributed by atoms with Gasteiger partial charge in [-0.3, -0.25) is 9.10 Å². The number of amides is 1. The van der Waals surface area contributed by atoms with Gasteiger partial charge in [-0.25, -0.2) is 16.8 Å². The Hall–Kier alpha value is -2.47. The lowest BCUT2D eigenvalue weighted by atomic mass is 10.2. The Kier molecular flexibility index (Phi) is 6.99. The van der Waals surface area contributed by atoms with Gasteiger partial charge in [-0.15, -0.1) is 0 Å². The maximum Gasteiger partial charge on any atom is 0.255 e. The molecule has 0 bridgehead atoms. The number of nitrogens with zero attached hydrogens (tertiary/aromatic N) is 2. The predicted octanol–water partition coefficient (Wildman–Crippen LogP) is 1.75. The molecule has 31 heavy (non-hydrogen) atoms. The van der Waals surface area contributed by atoms with Crippen LogP contribution in [0.1, 0.15) is 17.3 Å². The first-order valence-electron chi connectivity index (χ1n) is 9.70. The SMILES string of the molecule is CCN(c1ccc(C(=O)Nc2ccc(S(=O)(=O)N3CCOCC3)cc2)cc1)S(C)(=O)=O. The Morgan fingerprint density at radius 1 is 1.00 bits per heavy atom. The van der Waals surface area contributed by atoms with E-state index in [2.05, 4.69) is 5.32 Å². The standard InChI is InChI=1S/C20H25N3O6S2/c1-3-23(30(2,25)26)18-8-4-16(5-9-18)20(24)21-17-6-10-19(11-7-17)31(27,28)22-12-14-29-15-13-22/h4-11H,3,12-15H2,1-2H3,(H,21,24). The van der Waals surface area contributed by atoms with Crippen LogP contribution in [0.5, 0.6) is 0 Å². The monoisotopic (exact) mass is 467 g/mol. The number of morpholine rings is 1. The summed E-state index contributed by atoms with van der Waals surface area (Å²) in [6.45, 7) is 3.37. The van der Waals surface area contributed by atoms with Gasteiger partial charge in [-0.05, 0) is 55.5 Å². The first kappa shape index (κ1) is 23.2. The molecular formula is C20H25N3O6S2. The highest BCUT2D eigenvalue weighted by Crippen LogP contribution is 2.21. The van der Waals surface area contributed by atoms with Crippen LogP contribution in [0.15, 0.2) is 53.4 Å². The fourth-order valence-electron chi connectivity index (χ4n) is 3.24. The smallest absolute Gasteiger partial charge is 0.255 e. The number of rotatable bonds is 7. The van der Waals surface area contributed by atoms with Gasteiger partial charge in [0.25, 0.3) is 5.91 Å². The number of benzene rings is 2. The molecule has 0 spiro atoms. The Bertz CT molecular complexity index is 1120. The van der Waals surface area contributed by atoms with E-state index in [9.17, 15) is 21.6 Å². The summed E-state index contributed by atoms with van der Waals surface area (Å²) in [5.41, 5.74) is 1.26. The predicted molar refractivity (Wildman–Crippen MR) is 118 cm³/mol. The zero-order valence-corrected chi connectivity index (χ0v) is 18.9. The van der Waals surface area contributed by atoms with Crippen molar-refractivity contribution in [2.45, 2.75) is 11.8 Å². The number of hydrogen-bond donors (Lipinski definition) is 1. The first-order chi connectivity index (χ1) is 14.6. The lowest BCUT2D eigenvalue weighted by Crippen LogP contribution is -2.40. The van der Waals surface area contributed by atoms with Crippen molar-refractivity contribution in [1.29, 1.82) is 0 Å². The summed E-state index contributed by atoms with van der Waals surface area (Å²) < 4.78 is 56.8. The van der Waals surface area contributed by atoms with Crippen molar-refractivity contribution in [2.75, 3.05) is 48.7 Å². The molecule has 3 rings (SSSR count). The van der Waals surface area contributed by atoms with Gasteiger partial charge >= 0.3 is 0 Å². The summed E-state index contributed by atoms with van der Waals surface area (Å²) in [5, 5.41) is 2.71. The van der Waals surface area contributed by atoms with Gasteiger partial charge in [0.15, 0.2) is 0 Å².